The van der Waals surface area contributed by atoms with Crippen molar-refractivity contribution in [2.24, 2.45) is 0 Å². The van der Waals surface area contributed by atoms with E-state index in [2.05, 4.69) is 47.4 Å². The molecule has 132 valence electrons. The molecule has 6 heteroatoms. The lowest BCUT2D eigenvalue weighted by Gasteiger charge is -2.27. The number of aromatic amines is 1. The van der Waals surface area contributed by atoms with E-state index in [1.165, 1.54) is 33.7 Å². The molecule has 0 radical (unpaired) electrons. The minimum absolute atomic E-state index is 0.0593. The maximum atomic E-state index is 11.2. The zero-order valence-corrected chi connectivity index (χ0v) is 14.6. The van der Waals surface area contributed by atoms with Gasteiger partial charge in [0, 0.05) is 48.0 Å². The quantitative estimate of drug-likeness (QED) is 0.562. The fourth-order valence-electron chi connectivity index (χ4n) is 3.66. The number of nitrogens with zero attached hydrogens (tertiary/aromatic N) is 3. The van der Waals surface area contributed by atoms with Gasteiger partial charge in [-0.05, 0) is 30.0 Å². The molecule has 0 aliphatic carbocycles. The summed E-state index contributed by atoms with van der Waals surface area (Å²) in [6.45, 7) is 3.49. The van der Waals surface area contributed by atoms with E-state index >= 15 is 0 Å². The molecule has 3 heterocycles. The molecule has 0 amide bonds. The Morgan fingerprint density at radius 3 is 2.92 bits per heavy atom. The van der Waals surface area contributed by atoms with Crippen molar-refractivity contribution >= 4 is 28.0 Å². The van der Waals surface area contributed by atoms with Gasteiger partial charge in [-0.25, -0.2) is 4.98 Å². The van der Waals surface area contributed by atoms with E-state index in [9.17, 15) is 10.1 Å². The van der Waals surface area contributed by atoms with Crippen molar-refractivity contribution in [3.05, 3.63) is 70.0 Å². The molecule has 2 aromatic heterocycles. The fourth-order valence-corrected chi connectivity index (χ4v) is 3.66. The Labute approximate surface area is 151 Å². The van der Waals surface area contributed by atoms with E-state index in [0.717, 1.165) is 12.8 Å². The molecular weight excluding hydrogens is 328 g/mol. The predicted molar refractivity (Wildman–Crippen MR) is 103 cm³/mol. The highest BCUT2D eigenvalue weighted by atomic mass is 16.6. The van der Waals surface area contributed by atoms with Crippen LogP contribution in [0.1, 0.15) is 24.5 Å². The first-order valence-corrected chi connectivity index (χ1v) is 8.81. The highest BCUT2D eigenvalue weighted by Crippen LogP contribution is 2.33. The topological polar surface area (TPSA) is 75.1 Å². The second-order valence-corrected chi connectivity index (χ2v) is 6.42. The lowest BCUT2D eigenvalue weighted by Crippen LogP contribution is -2.29. The van der Waals surface area contributed by atoms with Gasteiger partial charge in [0.15, 0.2) is 0 Å². The lowest BCUT2D eigenvalue weighted by atomic mass is 9.97. The maximum Gasteiger partial charge on any atom is 0.311 e. The molecule has 0 fully saturated rings. The summed E-state index contributed by atoms with van der Waals surface area (Å²) in [6, 6.07) is 9.51. The number of nitro groups is 1. The molecule has 4 rings (SSSR count). The molecule has 3 aromatic rings. The number of H-pyrrole nitrogens is 1. The van der Waals surface area contributed by atoms with Gasteiger partial charge in [0.05, 0.1) is 4.92 Å². The smallest absolute Gasteiger partial charge is 0.311 e. The van der Waals surface area contributed by atoms with Gasteiger partial charge in [-0.2, -0.15) is 0 Å². The number of pyridine rings is 1. The van der Waals surface area contributed by atoms with Gasteiger partial charge in [0.2, 0.25) is 5.82 Å². The highest BCUT2D eigenvalue weighted by Gasteiger charge is 2.23. The maximum absolute atomic E-state index is 11.2. The van der Waals surface area contributed by atoms with E-state index in [0.29, 0.717) is 18.9 Å². The summed E-state index contributed by atoms with van der Waals surface area (Å²) in [5.41, 5.74) is 5.08. The number of benzene rings is 1. The van der Waals surface area contributed by atoms with Crippen LogP contribution in [-0.2, 0) is 6.42 Å². The van der Waals surface area contributed by atoms with Crippen LogP contribution in [0, 0.1) is 10.1 Å². The first-order chi connectivity index (χ1) is 12.7. The molecule has 1 aromatic carbocycles. The molecule has 0 atom stereocenters. The van der Waals surface area contributed by atoms with Crippen molar-refractivity contribution in [3.8, 4) is 0 Å². The summed E-state index contributed by atoms with van der Waals surface area (Å²) in [7, 11) is 0. The summed E-state index contributed by atoms with van der Waals surface area (Å²) < 4.78 is 0. The Balaban J connectivity index is 1.64. The van der Waals surface area contributed by atoms with Crippen molar-refractivity contribution in [1.82, 2.24) is 9.97 Å². The largest absolute Gasteiger partial charge is 0.360 e. The van der Waals surface area contributed by atoms with Crippen LogP contribution >= 0.6 is 0 Å². The normalized spacial score (nSPS) is 14.5. The second-order valence-electron chi connectivity index (χ2n) is 6.42. The van der Waals surface area contributed by atoms with Crippen molar-refractivity contribution in [1.29, 1.82) is 0 Å². The number of hydrogen-bond donors (Lipinski definition) is 1. The third-order valence-corrected chi connectivity index (χ3v) is 5.00. The van der Waals surface area contributed by atoms with Gasteiger partial charge in [0.25, 0.3) is 0 Å². The van der Waals surface area contributed by atoms with E-state index in [1.807, 2.05) is 4.90 Å². The number of aromatic nitrogens is 2. The van der Waals surface area contributed by atoms with Crippen LogP contribution < -0.4 is 4.90 Å². The molecule has 6 nitrogen and oxygen atoms in total. The molecule has 0 saturated heterocycles. The predicted octanol–water partition coefficient (Wildman–Crippen LogP) is 4.33. The zero-order valence-electron chi connectivity index (χ0n) is 14.6. The van der Waals surface area contributed by atoms with Gasteiger partial charge in [-0.15, -0.1) is 0 Å². The molecular formula is C20H20N4O2. The van der Waals surface area contributed by atoms with Crippen LogP contribution in [0.4, 0.5) is 11.5 Å². The van der Waals surface area contributed by atoms with Gasteiger partial charge in [-0.1, -0.05) is 31.2 Å². The molecule has 1 N–H and O–H groups in total. The summed E-state index contributed by atoms with van der Waals surface area (Å²) >= 11 is 0. The Kier molecular flexibility index (Phi) is 4.16. The second kappa shape index (κ2) is 6.63. The van der Waals surface area contributed by atoms with Crippen LogP contribution in [0.3, 0.4) is 0 Å². The summed E-state index contributed by atoms with van der Waals surface area (Å²) in [4.78, 5) is 20.5. The van der Waals surface area contributed by atoms with Gasteiger partial charge >= 0.3 is 5.69 Å². The average molecular weight is 348 g/mol. The van der Waals surface area contributed by atoms with Crippen LogP contribution in [0.2, 0.25) is 0 Å². The molecule has 0 bridgehead atoms. The minimum Gasteiger partial charge on any atom is -0.360 e. The van der Waals surface area contributed by atoms with Gasteiger partial charge < -0.3 is 9.88 Å². The first kappa shape index (κ1) is 16.3. The van der Waals surface area contributed by atoms with E-state index in [-0.39, 0.29) is 10.6 Å². The van der Waals surface area contributed by atoms with Crippen LogP contribution in [0.5, 0.6) is 0 Å². The van der Waals surface area contributed by atoms with Crippen LogP contribution in [-0.4, -0.2) is 28.0 Å². The Morgan fingerprint density at radius 1 is 1.31 bits per heavy atom. The summed E-state index contributed by atoms with van der Waals surface area (Å²) in [5.74, 6) is 0.444. The van der Waals surface area contributed by atoms with Crippen molar-refractivity contribution in [2.75, 3.05) is 18.0 Å². The lowest BCUT2D eigenvalue weighted by molar-refractivity contribution is -0.384. The number of fused-ring (bicyclic) bond motifs is 1. The van der Waals surface area contributed by atoms with Crippen molar-refractivity contribution < 1.29 is 4.92 Å². The molecule has 1 aliphatic rings. The SMILES string of the molecule is CCc1cccc2c(C3=CCN(c4ncccc4[N+](=O)[O-])CC3)c[nH]c12. The number of aryl methyl sites for hydroxylation is 1. The number of nitrogens with one attached hydrogen (secondary N) is 1. The third kappa shape index (κ3) is 2.73. The summed E-state index contributed by atoms with van der Waals surface area (Å²) in [5, 5.41) is 12.5. The van der Waals surface area contributed by atoms with Crippen LogP contribution in [0.25, 0.3) is 16.5 Å². The monoisotopic (exact) mass is 348 g/mol. The molecule has 0 saturated carbocycles. The molecule has 0 spiro atoms. The number of anilines is 1. The van der Waals surface area contributed by atoms with E-state index in [4.69, 9.17) is 0 Å². The van der Waals surface area contributed by atoms with E-state index < -0.39 is 0 Å². The van der Waals surface area contributed by atoms with Gasteiger partial charge in [0.1, 0.15) is 0 Å². The molecule has 0 unspecified atom stereocenters. The average Bonchev–Trinajstić information content (AvgIpc) is 3.12. The van der Waals surface area contributed by atoms with Gasteiger partial charge in [-0.3, -0.25) is 10.1 Å². The number of para-hydroxylation sites is 1. The molecule has 26 heavy (non-hydrogen) atoms. The minimum atomic E-state index is -0.368. The number of hydrogen-bond acceptors (Lipinski definition) is 4. The summed E-state index contributed by atoms with van der Waals surface area (Å²) in [6.07, 6.45) is 7.66. The fraction of sp³-hybridized carbons (Fsp3) is 0.250. The molecule has 1 aliphatic heterocycles. The van der Waals surface area contributed by atoms with E-state index in [1.54, 1.807) is 12.3 Å². The highest BCUT2D eigenvalue weighted by molar-refractivity contribution is 5.94. The standard InChI is InChI=1S/C20H20N4O2/c1-2-14-5-3-6-16-17(13-22-19(14)16)15-8-11-23(12-9-15)20-18(24(25)26)7-4-10-21-20/h3-8,10,13,22H,2,9,11-12H2,1H3. The Morgan fingerprint density at radius 2 is 2.19 bits per heavy atom. The third-order valence-electron chi connectivity index (χ3n) is 5.00. The van der Waals surface area contributed by atoms with Crippen LogP contribution in [0.15, 0.2) is 48.8 Å². The number of rotatable bonds is 4. The zero-order chi connectivity index (χ0) is 18.1. The first-order valence-electron chi connectivity index (χ1n) is 8.81. The Hall–Kier alpha value is -3.15. The van der Waals surface area contributed by atoms with Crippen molar-refractivity contribution in [3.63, 3.8) is 0 Å². The Bertz CT molecular complexity index is 1010. The van der Waals surface area contributed by atoms with Crippen molar-refractivity contribution in [2.45, 2.75) is 19.8 Å².